The lowest BCUT2D eigenvalue weighted by Gasteiger charge is -2.14. The maximum absolute atomic E-state index is 14.3. The van der Waals surface area contributed by atoms with Crippen molar-refractivity contribution >= 4 is 34.1 Å². The molecule has 1 aromatic heterocycles. The second-order valence-corrected chi connectivity index (χ2v) is 8.06. The van der Waals surface area contributed by atoms with Crippen molar-refractivity contribution in [2.45, 2.75) is 25.0 Å². The molecule has 0 fully saturated rings. The maximum atomic E-state index is 14.3. The number of thioether (sulfide) groups is 1. The Morgan fingerprint density at radius 3 is 2.57 bits per heavy atom. The minimum Gasteiger partial charge on any atom is -0.325 e. The molecule has 0 spiro atoms. The molecule has 1 amide bonds. The van der Waals surface area contributed by atoms with Gasteiger partial charge < -0.3 is 5.32 Å². The molecular formula is C23H21FN4OS. The molecule has 0 bridgehead atoms. The topological polar surface area (TPSA) is 59.8 Å². The first-order chi connectivity index (χ1) is 14.5. The summed E-state index contributed by atoms with van der Waals surface area (Å²) < 4.78 is 16.1. The van der Waals surface area contributed by atoms with Gasteiger partial charge >= 0.3 is 0 Å². The zero-order valence-corrected chi connectivity index (χ0v) is 17.5. The third-order valence-corrected chi connectivity index (χ3v) is 5.63. The molecule has 152 valence electrons. The van der Waals surface area contributed by atoms with Crippen molar-refractivity contribution in [1.82, 2.24) is 14.8 Å². The first kappa shape index (κ1) is 20.1. The van der Waals surface area contributed by atoms with Crippen LogP contribution in [0.4, 0.5) is 10.1 Å². The summed E-state index contributed by atoms with van der Waals surface area (Å²) >= 11 is 1.28. The van der Waals surface area contributed by atoms with Crippen molar-refractivity contribution < 1.29 is 9.18 Å². The zero-order valence-electron chi connectivity index (χ0n) is 16.7. The van der Waals surface area contributed by atoms with E-state index in [9.17, 15) is 9.18 Å². The van der Waals surface area contributed by atoms with E-state index in [0.717, 1.165) is 16.5 Å². The van der Waals surface area contributed by atoms with Gasteiger partial charge in [-0.2, -0.15) is 0 Å². The molecule has 1 heterocycles. The molecule has 0 aliphatic carbocycles. The molecule has 0 aliphatic rings. The van der Waals surface area contributed by atoms with E-state index < -0.39 is 0 Å². The van der Waals surface area contributed by atoms with E-state index in [2.05, 4.69) is 15.5 Å². The first-order valence-electron chi connectivity index (χ1n) is 9.65. The Hall–Kier alpha value is -3.19. The Morgan fingerprint density at radius 1 is 1.03 bits per heavy atom. The van der Waals surface area contributed by atoms with Crippen LogP contribution >= 0.6 is 11.8 Å². The van der Waals surface area contributed by atoms with Crippen molar-refractivity contribution in [2.75, 3.05) is 11.1 Å². The average molecular weight is 421 g/mol. The van der Waals surface area contributed by atoms with Gasteiger partial charge in [0.1, 0.15) is 5.82 Å². The number of amides is 1. The quantitative estimate of drug-likeness (QED) is 0.416. The van der Waals surface area contributed by atoms with Crippen LogP contribution < -0.4 is 5.32 Å². The van der Waals surface area contributed by atoms with Crippen molar-refractivity contribution in [1.29, 1.82) is 0 Å². The minimum absolute atomic E-state index is 0.0123. The van der Waals surface area contributed by atoms with E-state index in [1.807, 2.05) is 60.9 Å². The summed E-state index contributed by atoms with van der Waals surface area (Å²) in [5.41, 5.74) is 1.17. The van der Waals surface area contributed by atoms with Crippen LogP contribution in [-0.4, -0.2) is 26.4 Å². The Bertz CT molecular complexity index is 1200. The van der Waals surface area contributed by atoms with E-state index in [1.165, 1.54) is 17.8 Å². The molecule has 0 unspecified atom stereocenters. The number of carbonyl (C=O) groups is 1. The summed E-state index contributed by atoms with van der Waals surface area (Å²) in [6, 6.07) is 20.2. The smallest absolute Gasteiger partial charge is 0.234 e. The summed E-state index contributed by atoms with van der Waals surface area (Å²) in [7, 11) is 0. The van der Waals surface area contributed by atoms with Gasteiger partial charge in [-0.1, -0.05) is 60.3 Å². The number of fused-ring (bicyclic) bond motifs is 1. The van der Waals surface area contributed by atoms with Crippen LogP contribution in [0, 0.1) is 5.82 Å². The lowest BCUT2D eigenvalue weighted by molar-refractivity contribution is -0.113. The van der Waals surface area contributed by atoms with Gasteiger partial charge in [0.05, 0.1) is 11.3 Å². The number of hydrogen-bond donors (Lipinski definition) is 1. The Labute approximate surface area is 178 Å². The first-order valence-corrected chi connectivity index (χ1v) is 10.6. The zero-order chi connectivity index (χ0) is 21.1. The molecule has 0 saturated carbocycles. The Balaban J connectivity index is 1.52. The van der Waals surface area contributed by atoms with Gasteiger partial charge in [0, 0.05) is 17.1 Å². The number of anilines is 1. The molecule has 0 radical (unpaired) electrons. The number of hydrogen-bond acceptors (Lipinski definition) is 4. The molecule has 3 aromatic carbocycles. The fraction of sp³-hybridized carbons (Fsp3) is 0.174. The van der Waals surface area contributed by atoms with Gasteiger partial charge in [0.2, 0.25) is 5.91 Å². The third-order valence-electron chi connectivity index (χ3n) is 4.69. The van der Waals surface area contributed by atoms with Crippen LogP contribution in [0.5, 0.6) is 0 Å². The second kappa shape index (κ2) is 8.67. The van der Waals surface area contributed by atoms with Crippen LogP contribution in [0.25, 0.3) is 22.2 Å². The number of halogens is 1. The number of carbonyl (C=O) groups excluding carboxylic acids is 1. The van der Waals surface area contributed by atoms with Crippen LogP contribution in [0.2, 0.25) is 0 Å². The van der Waals surface area contributed by atoms with Gasteiger partial charge in [-0.3, -0.25) is 9.36 Å². The largest absolute Gasteiger partial charge is 0.325 e. The summed E-state index contributed by atoms with van der Waals surface area (Å²) in [4.78, 5) is 12.6. The summed E-state index contributed by atoms with van der Waals surface area (Å²) in [6.07, 6.45) is 0. The van der Waals surface area contributed by atoms with E-state index in [0.29, 0.717) is 16.5 Å². The lowest BCUT2D eigenvalue weighted by Crippen LogP contribution is -2.15. The van der Waals surface area contributed by atoms with Crippen LogP contribution in [0.1, 0.15) is 19.9 Å². The van der Waals surface area contributed by atoms with Gasteiger partial charge in [-0.15, -0.1) is 10.2 Å². The van der Waals surface area contributed by atoms with Crippen LogP contribution in [0.3, 0.4) is 0 Å². The Kier molecular flexibility index (Phi) is 5.81. The number of benzene rings is 3. The van der Waals surface area contributed by atoms with E-state index in [1.54, 1.807) is 18.2 Å². The third kappa shape index (κ3) is 4.07. The van der Waals surface area contributed by atoms with Gasteiger partial charge in [-0.05, 0) is 37.4 Å². The summed E-state index contributed by atoms with van der Waals surface area (Å²) in [5, 5.41) is 14.0. The molecule has 5 nitrogen and oxygen atoms in total. The van der Waals surface area contributed by atoms with E-state index in [-0.39, 0.29) is 23.5 Å². The highest BCUT2D eigenvalue weighted by Crippen LogP contribution is 2.29. The molecule has 7 heteroatoms. The summed E-state index contributed by atoms with van der Waals surface area (Å²) in [5.74, 6) is 0.143. The minimum atomic E-state index is -0.350. The monoisotopic (exact) mass is 420 g/mol. The molecule has 0 aliphatic heterocycles. The number of nitrogens with one attached hydrogen (secondary N) is 1. The number of rotatable bonds is 6. The molecule has 0 saturated heterocycles. The normalized spacial score (nSPS) is 11.2. The molecule has 4 rings (SSSR count). The lowest BCUT2D eigenvalue weighted by atomic mass is 10.1. The highest BCUT2D eigenvalue weighted by Gasteiger charge is 2.20. The van der Waals surface area contributed by atoms with E-state index in [4.69, 9.17) is 0 Å². The predicted molar refractivity (Wildman–Crippen MR) is 119 cm³/mol. The van der Waals surface area contributed by atoms with Gasteiger partial charge in [0.15, 0.2) is 11.0 Å². The highest BCUT2D eigenvalue weighted by molar-refractivity contribution is 7.99. The molecule has 30 heavy (non-hydrogen) atoms. The van der Waals surface area contributed by atoms with Crippen molar-refractivity contribution in [3.63, 3.8) is 0 Å². The van der Waals surface area contributed by atoms with Crippen molar-refractivity contribution in [3.05, 3.63) is 72.5 Å². The SMILES string of the molecule is CC(C)n1c(SCC(=O)Nc2cccc3ccccc23)nnc1-c1ccccc1F. The van der Waals surface area contributed by atoms with Crippen molar-refractivity contribution in [2.24, 2.45) is 0 Å². The predicted octanol–water partition coefficient (Wildman–Crippen LogP) is 5.55. The van der Waals surface area contributed by atoms with Gasteiger partial charge in [0.25, 0.3) is 0 Å². The number of nitrogens with zero attached hydrogens (tertiary/aromatic N) is 3. The molecular weight excluding hydrogens is 399 g/mol. The molecule has 4 aromatic rings. The van der Waals surface area contributed by atoms with Gasteiger partial charge in [-0.25, -0.2) is 4.39 Å². The maximum Gasteiger partial charge on any atom is 0.234 e. The van der Waals surface area contributed by atoms with Crippen molar-refractivity contribution in [3.8, 4) is 11.4 Å². The Morgan fingerprint density at radius 2 is 1.77 bits per heavy atom. The molecule has 0 atom stereocenters. The number of aromatic nitrogens is 3. The van der Waals surface area contributed by atoms with Crippen LogP contribution in [0.15, 0.2) is 71.9 Å². The van der Waals surface area contributed by atoms with E-state index >= 15 is 0 Å². The van der Waals surface area contributed by atoms with Crippen LogP contribution in [-0.2, 0) is 4.79 Å². The highest BCUT2D eigenvalue weighted by atomic mass is 32.2. The average Bonchev–Trinajstić information content (AvgIpc) is 3.17. The fourth-order valence-electron chi connectivity index (χ4n) is 3.32. The standard InChI is InChI=1S/C23H21FN4OS/c1-15(2)28-22(18-11-5-6-12-19(18)24)26-27-23(28)30-14-21(29)25-20-13-7-9-16-8-3-4-10-17(16)20/h3-13,15H,14H2,1-2H3,(H,25,29). The summed E-state index contributed by atoms with van der Waals surface area (Å²) in [6.45, 7) is 3.96. The molecule has 1 N–H and O–H groups in total. The fourth-order valence-corrected chi connectivity index (χ4v) is 4.19. The second-order valence-electron chi connectivity index (χ2n) is 7.11.